The average Bonchev–Trinajstić information content (AvgIpc) is 2.38. The summed E-state index contributed by atoms with van der Waals surface area (Å²) in [7, 11) is -3.75. The molecule has 3 N–H and O–H groups in total. The number of hydrogen-bond donors (Lipinski definition) is 2. The maximum Gasteiger partial charge on any atom is 0.264 e. The Hall–Kier alpha value is -0.130. The third-order valence-electron chi connectivity index (χ3n) is 3.61. The first-order valence-corrected chi connectivity index (χ1v) is 9.82. The second-order valence-electron chi connectivity index (χ2n) is 5.67. The molecule has 20 heavy (non-hydrogen) atoms. The number of unbranched alkanes of at least 4 members (excludes halogenated alkanes) is 12. The van der Waals surface area contributed by atoms with Gasteiger partial charge in [-0.1, -0.05) is 70.6 Å². The third kappa shape index (κ3) is 17.9. The quantitative estimate of drug-likeness (QED) is 0.355. The summed E-state index contributed by atoms with van der Waals surface area (Å²) < 4.78 is 29.6. The molecule has 0 amide bonds. The molecule has 0 aromatic heterocycles. The summed E-state index contributed by atoms with van der Waals surface area (Å²) in [4.78, 5) is 0. The van der Waals surface area contributed by atoms with Crippen molar-refractivity contribution in [2.45, 2.75) is 83.5 Å². The van der Waals surface area contributed by atoms with Crippen molar-refractivity contribution in [3.63, 3.8) is 0 Å². The Labute approximate surface area is 125 Å². The first-order valence-electron chi connectivity index (χ1n) is 8.21. The fourth-order valence-electron chi connectivity index (χ4n) is 2.37. The Kier molecular flexibility index (Phi) is 13.7. The minimum absolute atomic E-state index is 0.0862. The summed E-state index contributed by atoms with van der Waals surface area (Å²) in [5, 5.41) is 0. The van der Waals surface area contributed by atoms with E-state index in [-0.39, 0.29) is 5.75 Å². The summed E-state index contributed by atoms with van der Waals surface area (Å²) in [5.74, 6) is -0.0862. The fourth-order valence-corrected chi connectivity index (χ4v) is 2.94. The third-order valence-corrected chi connectivity index (χ3v) is 4.41. The van der Waals surface area contributed by atoms with Crippen molar-refractivity contribution in [2.24, 2.45) is 5.73 Å². The largest absolute Gasteiger partial charge is 0.330 e. The average molecular weight is 307 g/mol. The predicted octanol–water partition coefficient (Wildman–Crippen LogP) is 3.90. The molecular weight excluding hydrogens is 274 g/mol. The molecule has 0 aromatic rings. The van der Waals surface area contributed by atoms with Gasteiger partial charge in [0.1, 0.15) is 0 Å². The van der Waals surface area contributed by atoms with Gasteiger partial charge in [-0.05, 0) is 19.4 Å². The highest BCUT2D eigenvalue weighted by Crippen LogP contribution is 2.12. The summed E-state index contributed by atoms with van der Waals surface area (Å²) >= 11 is 0. The van der Waals surface area contributed by atoms with Crippen LogP contribution in [0.5, 0.6) is 0 Å². The van der Waals surface area contributed by atoms with Crippen LogP contribution in [0.2, 0.25) is 0 Å². The van der Waals surface area contributed by atoms with Gasteiger partial charge in [-0.3, -0.25) is 4.55 Å². The first-order chi connectivity index (χ1) is 9.56. The number of hydrogen-bond acceptors (Lipinski definition) is 3. The zero-order valence-electron chi connectivity index (χ0n) is 12.9. The Bertz CT molecular complexity index is 291. The van der Waals surface area contributed by atoms with Crippen LogP contribution in [-0.4, -0.2) is 25.3 Å². The predicted molar refractivity (Wildman–Crippen MR) is 85.5 cm³/mol. The second kappa shape index (κ2) is 13.8. The van der Waals surface area contributed by atoms with E-state index in [0.29, 0.717) is 6.42 Å². The Morgan fingerprint density at radius 1 is 0.600 bits per heavy atom. The van der Waals surface area contributed by atoms with Crippen molar-refractivity contribution in [2.75, 3.05) is 12.3 Å². The van der Waals surface area contributed by atoms with Crippen LogP contribution in [0.1, 0.15) is 83.5 Å². The lowest BCUT2D eigenvalue weighted by Gasteiger charge is -2.03. The standard InChI is InChI=1S/C15H33NO3S/c16-14-12-10-8-6-4-2-1-3-5-7-9-11-13-15-20(17,18)19/h1-16H2,(H,17,18,19). The van der Waals surface area contributed by atoms with E-state index in [1.807, 2.05) is 0 Å². The van der Waals surface area contributed by atoms with Crippen LogP contribution in [0.15, 0.2) is 0 Å². The molecule has 0 rings (SSSR count). The molecule has 0 fully saturated rings. The van der Waals surface area contributed by atoms with Gasteiger partial charge in [0.2, 0.25) is 0 Å². The van der Waals surface area contributed by atoms with Gasteiger partial charge in [0, 0.05) is 0 Å². The zero-order chi connectivity index (χ0) is 15.1. The van der Waals surface area contributed by atoms with E-state index in [0.717, 1.165) is 25.8 Å². The monoisotopic (exact) mass is 307 g/mol. The van der Waals surface area contributed by atoms with Gasteiger partial charge < -0.3 is 5.73 Å². The van der Waals surface area contributed by atoms with Gasteiger partial charge in [0.25, 0.3) is 10.1 Å². The minimum atomic E-state index is -3.75. The molecule has 0 aliphatic rings. The molecule has 0 aromatic carbocycles. The van der Waals surface area contributed by atoms with E-state index in [4.69, 9.17) is 10.3 Å². The van der Waals surface area contributed by atoms with Crippen molar-refractivity contribution in [1.82, 2.24) is 0 Å². The molecule has 0 saturated heterocycles. The van der Waals surface area contributed by atoms with Crippen molar-refractivity contribution in [3.05, 3.63) is 0 Å². The molecule has 0 heterocycles. The molecule has 0 unspecified atom stereocenters. The van der Waals surface area contributed by atoms with Crippen molar-refractivity contribution in [1.29, 1.82) is 0 Å². The maximum atomic E-state index is 10.5. The first kappa shape index (κ1) is 19.9. The van der Waals surface area contributed by atoms with E-state index in [1.165, 1.54) is 57.8 Å². The van der Waals surface area contributed by atoms with Gasteiger partial charge in [-0.2, -0.15) is 8.42 Å². The van der Waals surface area contributed by atoms with Gasteiger partial charge in [-0.15, -0.1) is 0 Å². The van der Waals surface area contributed by atoms with Crippen LogP contribution >= 0.6 is 0 Å². The van der Waals surface area contributed by atoms with Crippen LogP contribution in [0.4, 0.5) is 0 Å². The molecule has 5 heteroatoms. The maximum absolute atomic E-state index is 10.5. The molecule has 0 saturated carbocycles. The van der Waals surface area contributed by atoms with Crippen molar-refractivity contribution < 1.29 is 13.0 Å². The van der Waals surface area contributed by atoms with Crippen LogP contribution in [0.25, 0.3) is 0 Å². The highest BCUT2D eigenvalue weighted by Gasteiger charge is 2.02. The summed E-state index contributed by atoms with van der Waals surface area (Å²) in [6.45, 7) is 0.824. The summed E-state index contributed by atoms with van der Waals surface area (Å²) in [6.07, 6.45) is 15.4. The lowest BCUT2D eigenvalue weighted by molar-refractivity contribution is 0.478. The van der Waals surface area contributed by atoms with Gasteiger partial charge in [-0.25, -0.2) is 0 Å². The second-order valence-corrected chi connectivity index (χ2v) is 7.24. The molecule has 0 radical (unpaired) electrons. The highest BCUT2D eigenvalue weighted by atomic mass is 32.2. The molecule has 4 nitrogen and oxygen atoms in total. The fraction of sp³-hybridized carbons (Fsp3) is 1.00. The van der Waals surface area contributed by atoms with Crippen molar-refractivity contribution in [3.8, 4) is 0 Å². The molecule has 122 valence electrons. The SMILES string of the molecule is NCCCCCCCCCCCCCCCS(=O)(=O)O. The Morgan fingerprint density at radius 2 is 0.900 bits per heavy atom. The number of rotatable bonds is 15. The number of nitrogens with two attached hydrogens (primary N) is 1. The smallest absolute Gasteiger partial charge is 0.264 e. The topological polar surface area (TPSA) is 80.4 Å². The van der Waals surface area contributed by atoms with Gasteiger partial charge >= 0.3 is 0 Å². The summed E-state index contributed by atoms with van der Waals surface area (Å²) in [5.41, 5.74) is 5.45. The van der Waals surface area contributed by atoms with E-state index < -0.39 is 10.1 Å². The summed E-state index contributed by atoms with van der Waals surface area (Å²) in [6, 6.07) is 0. The van der Waals surface area contributed by atoms with E-state index in [2.05, 4.69) is 0 Å². The highest BCUT2D eigenvalue weighted by molar-refractivity contribution is 7.85. The van der Waals surface area contributed by atoms with E-state index in [1.54, 1.807) is 0 Å². The molecule has 0 aliphatic carbocycles. The van der Waals surface area contributed by atoms with Gasteiger partial charge in [0.05, 0.1) is 5.75 Å². The van der Waals surface area contributed by atoms with E-state index >= 15 is 0 Å². The zero-order valence-corrected chi connectivity index (χ0v) is 13.7. The van der Waals surface area contributed by atoms with Gasteiger partial charge in [0.15, 0.2) is 0 Å². The Balaban J connectivity index is 3.03. The van der Waals surface area contributed by atoms with Crippen LogP contribution in [0.3, 0.4) is 0 Å². The molecule has 0 bridgehead atoms. The Morgan fingerprint density at radius 3 is 1.20 bits per heavy atom. The molecule has 0 spiro atoms. The molecule has 0 aliphatic heterocycles. The van der Waals surface area contributed by atoms with Crippen LogP contribution in [0, 0.1) is 0 Å². The van der Waals surface area contributed by atoms with E-state index in [9.17, 15) is 8.42 Å². The minimum Gasteiger partial charge on any atom is -0.330 e. The molecular formula is C15H33NO3S. The van der Waals surface area contributed by atoms with Crippen molar-refractivity contribution >= 4 is 10.1 Å². The normalized spacial score (nSPS) is 11.9. The lowest BCUT2D eigenvalue weighted by Crippen LogP contribution is -2.03. The lowest BCUT2D eigenvalue weighted by atomic mass is 10.0. The van der Waals surface area contributed by atoms with Crippen LogP contribution in [-0.2, 0) is 10.1 Å². The van der Waals surface area contributed by atoms with Crippen LogP contribution < -0.4 is 5.73 Å². The molecule has 0 atom stereocenters.